The molecule has 136 valence electrons. The lowest BCUT2D eigenvalue weighted by Crippen LogP contribution is -2.37. The van der Waals surface area contributed by atoms with E-state index in [1.165, 1.54) is 0 Å². The summed E-state index contributed by atoms with van der Waals surface area (Å²) in [6.07, 6.45) is 0. The van der Waals surface area contributed by atoms with Crippen molar-refractivity contribution in [3.05, 3.63) is 56.5 Å². The average Bonchev–Trinajstić information content (AvgIpc) is 2.53. The lowest BCUT2D eigenvalue weighted by Gasteiger charge is -2.14. The number of hydrogen-bond acceptors (Lipinski definition) is 4. The number of carbonyl (C=O) groups excluding carboxylic acids is 2. The number of para-hydroxylation sites is 1. The zero-order chi connectivity index (χ0) is 19.3. The van der Waals surface area contributed by atoms with E-state index in [4.69, 9.17) is 22.7 Å². The van der Waals surface area contributed by atoms with E-state index in [1.54, 1.807) is 24.3 Å². The molecule has 9 heteroatoms. The molecule has 0 spiro atoms. The van der Waals surface area contributed by atoms with Gasteiger partial charge in [0.05, 0.1) is 15.7 Å². The summed E-state index contributed by atoms with van der Waals surface area (Å²) in [5.74, 6) is -0.462. The molecule has 4 N–H and O–H groups in total. The third-order valence-electron chi connectivity index (χ3n) is 3.24. The predicted molar refractivity (Wildman–Crippen MR) is 111 cm³/mol. The number of benzene rings is 2. The molecule has 0 saturated carbocycles. The largest absolute Gasteiger partial charge is 0.482 e. The van der Waals surface area contributed by atoms with Crippen molar-refractivity contribution < 1.29 is 14.3 Å². The molecule has 0 heterocycles. The van der Waals surface area contributed by atoms with Gasteiger partial charge in [0, 0.05) is 4.47 Å². The van der Waals surface area contributed by atoms with Gasteiger partial charge in [-0.2, -0.15) is 0 Å². The fourth-order valence-electron chi connectivity index (χ4n) is 2.13. The quantitative estimate of drug-likeness (QED) is 0.546. The van der Waals surface area contributed by atoms with Crippen LogP contribution in [-0.4, -0.2) is 23.5 Å². The van der Waals surface area contributed by atoms with E-state index < -0.39 is 11.8 Å². The Kier molecular flexibility index (Phi) is 7.13. The van der Waals surface area contributed by atoms with Crippen molar-refractivity contribution in [1.82, 2.24) is 5.32 Å². The number of amides is 2. The van der Waals surface area contributed by atoms with Crippen molar-refractivity contribution in [2.24, 2.45) is 5.73 Å². The molecular formula is C17H15Br2N3O3S. The molecule has 0 aromatic heterocycles. The van der Waals surface area contributed by atoms with Gasteiger partial charge >= 0.3 is 0 Å². The summed E-state index contributed by atoms with van der Waals surface area (Å²) in [7, 11) is 0. The molecule has 2 aromatic rings. The molecule has 2 rings (SSSR count). The Labute approximate surface area is 172 Å². The Hall–Kier alpha value is -1.97. The maximum atomic E-state index is 12.0. The smallest absolute Gasteiger partial charge is 0.264 e. The van der Waals surface area contributed by atoms with Crippen LogP contribution in [0.2, 0.25) is 0 Å². The first-order chi connectivity index (χ1) is 12.3. The van der Waals surface area contributed by atoms with Crippen molar-refractivity contribution in [3.8, 4) is 5.75 Å². The number of rotatable bonds is 5. The minimum atomic E-state index is -0.596. The standard InChI is InChI=1S/C17H15Br2N3O3S/c1-9-6-10(18)7-12(19)15(9)25-8-14(23)22-17(26)21-13-5-3-2-4-11(13)16(20)24/h2-7H,8H2,1H3,(H2,20,24)(H2,21,22,23,26). The molecule has 2 amide bonds. The summed E-state index contributed by atoms with van der Waals surface area (Å²) < 4.78 is 7.19. The van der Waals surface area contributed by atoms with Gasteiger partial charge in [0.2, 0.25) is 0 Å². The average molecular weight is 501 g/mol. The zero-order valence-electron chi connectivity index (χ0n) is 13.6. The number of primary amides is 1. The van der Waals surface area contributed by atoms with E-state index in [-0.39, 0.29) is 17.3 Å². The fourth-order valence-corrected chi connectivity index (χ4v) is 3.91. The molecule has 0 aliphatic carbocycles. The van der Waals surface area contributed by atoms with Crippen LogP contribution in [0.3, 0.4) is 0 Å². The molecule has 0 aliphatic rings. The summed E-state index contributed by atoms with van der Waals surface area (Å²) in [6.45, 7) is 1.65. The highest BCUT2D eigenvalue weighted by molar-refractivity contribution is 9.11. The van der Waals surface area contributed by atoms with Crippen molar-refractivity contribution >= 4 is 66.7 Å². The van der Waals surface area contributed by atoms with Gasteiger partial charge in [-0.1, -0.05) is 28.1 Å². The number of halogens is 2. The highest BCUT2D eigenvalue weighted by Gasteiger charge is 2.12. The second-order valence-electron chi connectivity index (χ2n) is 5.23. The van der Waals surface area contributed by atoms with Crippen molar-refractivity contribution in [2.45, 2.75) is 6.92 Å². The van der Waals surface area contributed by atoms with Crippen molar-refractivity contribution in [1.29, 1.82) is 0 Å². The number of carbonyl (C=O) groups is 2. The van der Waals surface area contributed by atoms with Crippen LogP contribution in [0.4, 0.5) is 5.69 Å². The lowest BCUT2D eigenvalue weighted by molar-refractivity contribution is -0.121. The molecule has 26 heavy (non-hydrogen) atoms. The molecular weight excluding hydrogens is 486 g/mol. The number of hydrogen-bond donors (Lipinski definition) is 3. The Bertz CT molecular complexity index is 851. The van der Waals surface area contributed by atoms with Crippen LogP contribution in [0.15, 0.2) is 45.3 Å². The number of nitrogens with two attached hydrogens (primary N) is 1. The van der Waals surface area contributed by atoms with Gasteiger partial charge in [0.1, 0.15) is 5.75 Å². The maximum Gasteiger partial charge on any atom is 0.264 e. The highest BCUT2D eigenvalue weighted by Crippen LogP contribution is 2.32. The van der Waals surface area contributed by atoms with E-state index in [9.17, 15) is 9.59 Å². The first-order valence-corrected chi connectivity index (χ1v) is 9.35. The number of ether oxygens (including phenoxy) is 1. The molecule has 0 fully saturated rings. The predicted octanol–water partition coefficient (Wildman–Crippen LogP) is 3.51. The minimum absolute atomic E-state index is 0.0406. The highest BCUT2D eigenvalue weighted by atomic mass is 79.9. The van der Waals surface area contributed by atoms with E-state index in [1.807, 2.05) is 19.1 Å². The maximum absolute atomic E-state index is 12.0. The topological polar surface area (TPSA) is 93.4 Å². The summed E-state index contributed by atoms with van der Waals surface area (Å²) in [5, 5.41) is 5.31. The fraction of sp³-hybridized carbons (Fsp3) is 0.118. The zero-order valence-corrected chi connectivity index (χ0v) is 17.6. The minimum Gasteiger partial charge on any atom is -0.482 e. The van der Waals surface area contributed by atoms with Gasteiger partial charge in [-0.15, -0.1) is 0 Å². The first kappa shape index (κ1) is 20.3. The molecule has 2 aromatic carbocycles. The normalized spacial score (nSPS) is 10.1. The molecule has 0 unspecified atom stereocenters. The van der Waals surface area contributed by atoms with E-state index >= 15 is 0 Å². The third-order valence-corrected chi connectivity index (χ3v) is 4.49. The van der Waals surface area contributed by atoms with Crippen molar-refractivity contribution in [3.63, 3.8) is 0 Å². The Morgan fingerprint density at radius 2 is 1.92 bits per heavy atom. The number of aryl methyl sites for hydroxylation is 1. The summed E-state index contributed by atoms with van der Waals surface area (Å²) >= 11 is 11.9. The summed E-state index contributed by atoms with van der Waals surface area (Å²) in [5.41, 5.74) is 6.86. The molecule has 0 atom stereocenters. The lowest BCUT2D eigenvalue weighted by atomic mass is 10.1. The summed E-state index contributed by atoms with van der Waals surface area (Å²) in [4.78, 5) is 23.4. The Morgan fingerprint density at radius 3 is 2.58 bits per heavy atom. The van der Waals surface area contributed by atoms with E-state index in [0.717, 1.165) is 14.5 Å². The SMILES string of the molecule is Cc1cc(Br)cc(Br)c1OCC(=O)NC(=S)Nc1ccccc1C(N)=O. The molecule has 0 bridgehead atoms. The van der Waals surface area contributed by atoms with E-state index in [0.29, 0.717) is 11.4 Å². The second-order valence-corrected chi connectivity index (χ2v) is 7.41. The summed E-state index contributed by atoms with van der Waals surface area (Å²) in [6, 6.07) is 10.3. The number of nitrogens with one attached hydrogen (secondary N) is 2. The molecule has 0 aliphatic heterocycles. The second kappa shape index (κ2) is 9.11. The first-order valence-electron chi connectivity index (χ1n) is 7.36. The van der Waals surface area contributed by atoms with Crippen LogP contribution >= 0.6 is 44.1 Å². The van der Waals surface area contributed by atoms with Gasteiger partial charge < -0.3 is 15.8 Å². The van der Waals surface area contributed by atoms with Crippen LogP contribution in [0.5, 0.6) is 5.75 Å². The molecule has 0 radical (unpaired) electrons. The molecule has 6 nitrogen and oxygen atoms in total. The van der Waals surface area contributed by atoms with Crippen LogP contribution in [0.1, 0.15) is 15.9 Å². The van der Waals surface area contributed by atoms with E-state index in [2.05, 4.69) is 42.5 Å². The van der Waals surface area contributed by atoms with Gasteiger partial charge in [0.15, 0.2) is 11.7 Å². The van der Waals surface area contributed by atoms with Crippen LogP contribution < -0.4 is 21.1 Å². The van der Waals surface area contributed by atoms with Crippen LogP contribution in [-0.2, 0) is 4.79 Å². The van der Waals surface area contributed by atoms with Crippen molar-refractivity contribution in [2.75, 3.05) is 11.9 Å². The number of thiocarbonyl (C=S) groups is 1. The van der Waals surface area contributed by atoms with Crippen LogP contribution in [0, 0.1) is 6.92 Å². The monoisotopic (exact) mass is 499 g/mol. The Morgan fingerprint density at radius 1 is 1.23 bits per heavy atom. The Balaban J connectivity index is 1.94. The number of anilines is 1. The van der Waals surface area contributed by atoms with Gasteiger partial charge in [-0.25, -0.2) is 0 Å². The van der Waals surface area contributed by atoms with Gasteiger partial charge in [0.25, 0.3) is 11.8 Å². The van der Waals surface area contributed by atoms with Gasteiger partial charge in [-0.05, 0) is 64.9 Å². The molecule has 0 saturated heterocycles. The van der Waals surface area contributed by atoms with Crippen LogP contribution in [0.25, 0.3) is 0 Å². The third kappa shape index (κ3) is 5.52. The van der Waals surface area contributed by atoms with Gasteiger partial charge in [-0.3, -0.25) is 14.9 Å².